The highest BCUT2D eigenvalue weighted by molar-refractivity contribution is 7.17. The summed E-state index contributed by atoms with van der Waals surface area (Å²) in [5.74, 6) is -0.835. The van der Waals surface area contributed by atoms with E-state index in [1.165, 1.54) is 11.3 Å². The quantitative estimate of drug-likeness (QED) is 0.937. The molecule has 19 heavy (non-hydrogen) atoms. The van der Waals surface area contributed by atoms with Crippen molar-refractivity contribution in [1.82, 2.24) is 4.57 Å². The van der Waals surface area contributed by atoms with E-state index in [2.05, 4.69) is 34.0 Å². The van der Waals surface area contributed by atoms with Crippen molar-refractivity contribution in [2.75, 3.05) is 18.0 Å². The minimum atomic E-state index is -0.835. The van der Waals surface area contributed by atoms with E-state index >= 15 is 0 Å². The predicted molar refractivity (Wildman–Crippen MR) is 76.2 cm³/mol. The topological polar surface area (TPSA) is 45.5 Å². The van der Waals surface area contributed by atoms with Gasteiger partial charge in [-0.1, -0.05) is 0 Å². The number of thiophene rings is 1. The van der Waals surface area contributed by atoms with E-state index in [1.54, 1.807) is 6.07 Å². The second kappa shape index (κ2) is 5.09. The zero-order valence-electron chi connectivity index (χ0n) is 10.5. The molecule has 0 aromatic carbocycles. The van der Waals surface area contributed by atoms with Crippen molar-refractivity contribution in [3.63, 3.8) is 0 Å². The van der Waals surface area contributed by atoms with Gasteiger partial charge in [0, 0.05) is 31.5 Å². The monoisotopic (exact) mass is 276 g/mol. The maximum absolute atomic E-state index is 10.9. The highest BCUT2D eigenvalue weighted by Gasteiger charge is 2.21. The lowest BCUT2D eigenvalue weighted by Crippen LogP contribution is -2.33. The Hall–Kier alpha value is -1.75. The maximum Gasteiger partial charge on any atom is 0.345 e. The fourth-order valence-electron chi connectivity index (χ4n) is 2.59. The summed E-state index contributed by atoms with van der Waals surface area (Å²) in [5, 5.41) is 10.0. The summed E-state index contributed by atoms with van der Waals surface area (Å²) in [4.78, 5) is 13.6. The van der Waals surface area contributed by atoms with Gasteiger partial charge in [-0.15, -0.1) is 11.3 Å². The zero-order chi connectivity index (χ0) is 13.2. The molecule has 3 heterocycles. The molecule has 0 spiro atoms. The van der Waals surface area contributed by atoms with Crippen LogP contribution >= 0.6 is 11.3 Å². The van der Waals surface area contributed by atoms with Gasteiger partial charge < -0.3 is 14.6 Å². The first-order chi connectivity index (χ1) is 9.24. The molecule has 0 aliphatic carbocycles. The van der Waals surface area contributed by atoms with E-state index in [1.807, 2.05) is 6.07 Å². The number of hydrogen-bond acceptors (Lipinski definition) is 3. The third kappa shape index (κ3) is 2.51. The van der Waals surface area contributed by atoms with Crippen LogP contribution in [-0.2, 0) is 0 Å². The number of rotatable bonds is 3. The Morgan fingerprint density at radius 3 is 2.47 bits per heavy atom. The predicted octanol–water partition coefficient (Wildman–Crippen LogP) is 3.09. The number of hydrogen-bond donors (Lipinski definition) is 1. The average molecular weight is 276 g/mol. The Kier molecular flexibility index (Phi) is 3.29. The van der Waals surface area contributed by atoms with Crippen LogP contribution in [0.2, 0.25) is 0 Å². The van der Waals surface area contributed by atoms with Gasteiger partial charge in [-0.05, 0) is 37.1 Å². The summed E-state index contributed by atoms with van der Waals surface area (Å²) in [5.41, 5.74) is 0. The van der Waals surface area contributed by atoms with E-state index in [4.69, 9.17) is 5.11 Å². The van der Waals surface area contributed by atoms with E-state index in [-0.39, 0.29) is 0 Å². The summed E-state index contributed by atoms with van der Waals surface area (Å²) < 4.78 is 2.27. The summed E-state index contributed by atoms with van der Waals surface area (Å²) in [6.45, 7) is 1.98. The molecule has 0 bridgehead atoms. The normalized spacial score (nSPS) is 16.7. The van der Waals surface area contributed by atoms with Crippen LogP contribution in [-0.4, -0.2) is 28.7 Å². The summed E-state index contributed by atoms with van der Waals surface area (Å²) in [6, 6.07) is 8.31. The second-order valence-electron chi connectivity index (χ2n) is 4.79. The first-order valence-corrected chi connectivity index (χ1v) is 7.26. The van der Waals surface area contributed by atoms with Gasteiger partial charge in [0.05, 0.1) is 5.00 Å². The lowest BCUT2D eigenvalue weighted by molar-refractivity contribution is 0.0702. The van der Waals surface area contributed by atoms with Gasteiger partial charge in [0.1, 0.15) is 4.88 Å². The molecular weight excluding hydrogens is 260 g/mol. The summed E-state index contributed by atoms with van der Waals surface area (Å²) >= 11 is 1.37. The van der Waals surface area contributed by atoms with Crippen molar-refractivity contribution in [2.24, 2.45) is 0 Å². The second-order valence-corrected chi connectivity index (χ2v) is 5.85. The minimum absolute atomic E-state index is 0.419. The van der Waals surface area contributed by atoms with Crippen LogP contribution in [0.15, 0.2) is 36.7 Å². The van der Waals surface area contributed by atoms with E-state index in [9.17, 15) is 4.79 Å². The van der Waals surface area contributed by atoms with Gasteiger partial charge >= 0.3 is 5.97 Å². The lowest BCUT2D eigenvalue weighted by Gasteiger charge is -2.33. The number of nitrogens with zero attached hydrogens (tertiary/aromatic N) is 2. The van der Waals surface area contributed by atoms with E-state index in [0.717, 1.165) is 30.9 Å². The van der Waals surface area contributed by atoms with Crippen molar-refractivity contribution in [2.45, 2.75) is 18.9 Å². The molecule has 1 fully saturated rings. The van der Waals surface area contributed by atoms with Crippen molar-refractivity contribution < 1.29 is 9.90 Å². The highest BCUT2D eigenvalue weighted by Crippen LogP contribution is 2.31. The van der Waals surface area contributed by atoms with Crippen molar-refractivity contribution >= 4 is 22.3 Å². The molecular formula is C14H16N2O2S. The van der Waals surface area contributed by atoms with Gasteiger partial charge in [0.15, 0.2) is 0 Å². The van der Waals surface area contributed by atoms with Crippen molar-refractivity contribution in [3.05, 3.63) is 41.5 Å². The number of anilines is 1. The third-order valence-corrected chi connectivity index (χ3v) is 4.76. The van der Waals surface area contributed by atoms with Gasteiger partial charge in [-0.25, -0.2) is 4.79 Å². The fourth-order valence-corrected chi connectivity index (χ4v) is 3.48. The Labute approximate surface area is 115 Å². The lowest BCUT2D eigenvalue weighted by atomic mass is 10.1. The van der Waals surface area contributed by atoms with Crippen LogP contribution < -0.4 is 4.90 Å². The molecule has 0 radical (unpaired) electrons. The van der Waals surface area contributed by atoms with Gasteiger partial charge in [-0.2, -0.15) is 0 Å². The molecule has 0 saturated carbocycles. The molecule has 0 unspecified atom stereocenters. The number of aromatic carboxylic acids is 1. The Morgan fingerprint density at radius 2 is 1.89 bits per heavy atom. The SMILES string of the molecule is O=C(O)c1ccc(N2CCC(n3cccc3)CC2)s1. The van der Waals surface area contributed by atoms with Crippen molar-refractivity contribution in [3.8, 4) is 0 Å². The van der Waals surface area contributed by atoms with Gasteiger partial charge in [0.25, 0.3) is 0 Å². The number of aromatic nitrogens is 1. The third-order valence-electron chi connectivity index (χ3n) is 3.63. The molecule has 1 aliphatic rings. The first kappa shape index (κ1) is 12.3. The van der Waals surface area contributed by atoms with Crippen LogP contribution in [0.5, 0.6) is 0 Å². The summed E-state index contributed by atoms with van der Waals surface area (Å²) in [7, 11) is 0. The number of carboxylic acids is 1. The molecule has 100 valence electrons. The number of carboxylic acid groups (broad SMARTS) is 1. The molecule has 1 saturated heterocycles. The van der Waals surface area contributed by atoms with Crippen LogP contribution in [0.4, 0.5) is 5.00 Å². The minimum Gasteiger partial charge on any atom is -0.477 e. The fraction of sp³-hybridized carbons (Fsp3) is 0.357. The Balaban J connectivity index is 1.64. The van der Waals surface area contributed by atoms with Crippen LogP contribution in [0, 0.1) is 0 Å². The molecule has 1 aliphatic heterocycles. The standard InChI is InChI=1S/C14H16N2O2S/c17-14(18)12-3-4-13(19-12)16-9-5-11(6-10-16)15-7-1-2-8-15/h1-4,7-8,11H,5-6,9-10H2,(H,17,18). The molecule has 0 amide bonds. The average Bonchev–Trinajstić information content (AvgIpc) is 3.11. The van der Waals surface area contributed by atoms with Gasteiger partial charge in [0.2, 0.25) is 0 Å². The largest absolute Gasteiger partial charge is 0.477 e. The maximum atomic E-state index is 10.9. The Bertz CT molecular complexity index is 554. The molecule has 1 N–H and O–H groups in total. The number of carbonyl (C=O) groups is 1. The molecule has 3 rings (SSSR count). The number of piperidine rings is 1. The molecule has 2 aromatic rings. The van der Waals surface area contributed by atoms with Crippen LogP contribution in [0.25, 0.3) is 0 Å². The molecule has 5 heteroatoms. The molecule has 2 aromatic heterocycles. The smallest absolute Gasteiger partial charge is 0.345 e. The van der Waals surface area contributed by atoms with Crippen LogP contribution in [0.1, 0.15) is 28.6 Å². The summed E-state index contributed by atoms with van der Waals surface area (Å²) in [6.07, 6.45) is 6.45. The van der Waals surface area contributed by atoms with Crippen LogP contribution in [0.3, 0.4) is 0 Å². The highest BCUT2D eigenvalue weighted by atomic mass is 32.1. The molecule has 4 nitrogen and oxygen atoms in total. The Morgan fingerprint density at radius 1 is 1.21 bits per heavy atom. The van der Waals surface area contributed by atoms with Crippen molar-refractivity contribution in [1.29, 1.82) is 0 Å². The zero-order valence-corrected chi connectivity index (χ0v) is 11.3. The van der Waals surface area contributed by atoms with E-state index in [0.29, 0.717) is 10.9 Å². The first-order valence-electron chi connectivity index (χ1n) is 6.44. The van der Waals surface area contributed by atoms with E-state index < -0.39 is 5.97 Å². The molecule has 0 atom stereocenters. The van der Waals surface area contributed by atoms with Gasteiger partial charge in [-0.3, -0.25) is 0 Å².